The van der Waals surface area contributed by atoms with Gasteiger partial charge in [0, 0.05) is 5.02 Å². The Morgan fingerprint density at radius 3 is 2.17 bits per heavy atom. The lowest BCUT2D eigenvalue weighted by atomic mass is 9.68. The van der Waals surface area contributed by atoms with E-state index in [-0.39, 0.29) is 5.92 Å². The highest BCUT2D eigenvalue weighted by atomic mass is 79.9. The Balaban J connectivity index is 2.04. The van der Waals surface area contributed by atoms with Crippen molar-refractivity contribution in [2.24, 2.45) is 5.92 Å². The van der Waals surface area contributed by atoms with Crippen molar-refractivity contribution in [1.29, 1.82) is 0 Å². The van der Waals surface area contributed by atoms with E-state index in [1.165, 1.54) is 0 Å². The summed E-state index contributed by atoms with van der Waals surface area (Å²) in [6, 6.07) is 24.0. The first-order valence-corrected chi connectivity index (χ1v) is 10.6. The molecule has 0 spiro atoms. The molecule has 3 aromatic carbocycles. The van der Waals surface area contributed by atoms with E-state index in [9.17, 15) is 9.90 Å². The molecule has 0 aliphatic heterocycles. The Hall–Kier alpha value is -2.30. The highest BCUT2D eigenvalue weighted by molar-refractivity contribution is 9.09. The van der Waals surface area contributed by atoms with Crippen LogP contribution < -0.4 is 4.74 Å². The van der Waals surface area contributed by atoms with Crippen LogP contribution in [0.15, 0.2) is 78.9 Å². The van der Waals surface area contributed by atoms with Crippen LogP contribution in [0.2, 0.25) is 5.02 Å². The number of carboxylic acids is 1. The van der Waals surface area contributed by atoms with Gasteiger partial charge in [0.25, 0.3) is 0 Å². The molecule has 3 aromatic rings. The number of hydrogen-bond donors (Lipinski definition) is 1. The molecule has 0 amide bonds. The smallest absolute Gasteiger partial charge is 0.315 e. The molecule has 0 aliphatic carbocycles. The summed E-state index contributed by atoms with van der Waals surface area (Å²) in [4.78, 5) is 12.2. The van der Waals surface area contributed by atoms with Gasteiger partial charge in [-0.2, -0.15) is 0 Å². The predicted molar refractivity (Wildman–Crippen MR) is 120 cm³/mol. The Kier molecular flexibility index (Phi) is 6.66. The van der Waals surface area contributed by atoms with Gasteiger partial charge in [0.2, 0.25) is 0 Å². The highest BCUT2D eigenvalue weighted by Gasteiger charge is 2.49. The molecule has 150 valence electrons. The summed E-state index contributed by atoms with van der Waals surface area (Å²) in [7, 11) is 0. The van der Waals surface area contributed by atoms with Crippen molar-refractivity contribution in [3.05, 3.63) is 95.0 Å². The van der Waals surface area contributed by atoms with Crippen LogP contribution in [0.3, 0.4) is 0 Å². The molecule has 3 nitrogen and oxygen atoms in total. The van der Waals surface area contributed by atoms with Crippen molar-refractivity contribution in [2.45, 2.75) is 24.1 Å². The zero-order valence-corrected chi connectivity index (χ0v) is 18.5. The summed E-state index contributed by atoms with van der Waals surface area (Å²) in [5.41, 5.74) is 0.334. The Labute approximate surface area is 184 Å². The van der Waals surface area contributed by atoms with Gasteiger partial charge < -0.3 is 9.84 Å². The number of carbonyl (C=O) groups is 1. The molecule has 2 unspecified atom stereocenters. The summed E-state index contributed by atoms with van der Waals surface area (Å²) in [6.45, 7) is 3.84. The molecule has 0 saturated heterocycles. The second-order valence-corrected chi connectivity index (χ2v) is 8.54. The molecular weight excluding hydrogens is 452 g/mol. The monoisotopic (exact) mass is 472 g/mol. The molecule has 0 aliphatic rings. The largest absolute Gasteiger partial charge is 0.481 e. The third-order valence-corrected chi connectivity index (χ3v) is 6.62. The lowest BCUT2D eigenvalue weighted by Gasteiger charge is -2.38. The maximum absolute atomic E-state index is 12.6. The highest BCUT2D eigenvalue weighted by Crippen LogP contribution is 2.49. The summed E-state index contributed by atoms with van der Waals surface area (Å²) < 4.78 is 5.94. The third kappa shape index (κ3) is 4.34. The van der Waals surface area contributed by atoms with Gasteiger partial charge in [0.05, 0.1) is 4.83 Å². The standard InChI is InChI=1S/C24H22BrClO3/c1-16(2)24(23(27)28,18-11-13-19(26)14-12-18)22(25)17-7-6-10-21(15-17)29-20-8-4-3-5-9-20/h3-16,22H,1-2H3,(H,27,28). The fourth-order valence-corrected chi connectivity index (χ4v) is 5.00. The number of benzene rings is 3. The zero-order valence-electron chi connectivity index (χ0n) is 16.2. The normalized spacial score (nSPS) is 14.2. The SMILES string of the molecule is CC(C)C(C(=O)O)(c1ccc(Cl)cc1)C(Br)c1cccc(Oc2ccccc2)c1. The molecule has 0 radical (unpaired) electrons. The Morgan fingerprint density at radius 2 is 1.59 bits per heavy atom. The maximum atomic E-state index is 12.6. The van der Waals surface area contributed by atoms with Crippen LogP contribution in [0.1, 0.15) is 29.8 Å². The van der Waals surface area contributed by atoms with E-state index in [0.29, 0.717) is 16.3 Å². The van der Waals surface area contributed by atoms with Crippen molar-refractivity contribution in [2.75, 3.05) is 0 Å². The van der Waals surface area contributed by atoms with Gasteiger partial charge >= 0.3 is 5.97 Å². The molecule has 3 rings (SSSR count). The van der Waals surface area contributed by atoms with Crippen molar-refractivity contribution in [1.82, 2.24) is 0 Å². The number of ether oxygens (including phenoxy) is 1. The van der Waals surface area contributed by atoms with Gasteiger partial charge in [0.15, 0.2) is 0 Å². The Bertz CT molecular complexity index is 973. The second kappa shape index (κ2) is 9.02. The number of rotatable bonds is 7. The summed E-state index contributed by atoms with van der Waals surface area (Å²) in [5.74, 6) is 0.287. The minimum absolute atomic E-state index is 0.191. The molecule has 1 N–H and O–H groups in total. The predicted octanol–water partition coefficient (Wildman–Crippen LogP) is 7.25. The van der Waals surface area contributed by atoms with Crippen molar-refractivity contribution >= 4 is 33.5 Å². The molecule has 0 fully saturated rings. The van der Waals surface area contributed by atoms with Crippen LogP contribution in [-0.4, -0.2) is 11.1 Å². The molecule has 0 aromatic heterocycles. The van der Waals surface area contributed by atoms with Crippen LogP contribution >= 0.6 is 27.5 Å². The van der Waals surface area contributed by atoms with E-state index in [4.69, 9.17) is 16.3 Å². The van der Waals surface area contributed by atoms with Crippen LogP contribution in [0, 0.1) is 5.92 Å². The number of hydrogen-bond acceptors (Lipinski definition) is 2. The summed E-state index contributed by atoms with van der Waals surface area (Å²) in [6.07, 6.45) is 0. The second-order valence-electron chi connectivity index (χ2n) is 7.19. The fraction of sp³-hybridized carbons (Fsp3) is 0.208. The average Bonchev–Trinajstić information content (AvgIpc) is 2.70. The first-order valence-electron chi connectivity index (χ1n) is 9.32. The fourth-order valence-electron chi connectivity index (χ4n) is 3.60. The van der Waals surface area contributed by atoms with Crippen LogP contribution in [0.25, 0.3) is 0 Å². The topological polar surface area (TPSA) is 46.5 Å². The van der Waals surface area contributed by atoms with Crippen LogP contribution in [0.4, 0.5) is 0 Å². The van der Waals surface area contributed by atoms with E-state index in [1.807, 2.05) is 68.4 Å². The summed E-state index contributed by atoms with van der Waals surface area (Å²) >= 11 is 9.76. The molecule has 0 heterocycles. The minimum atomic E-state index is -1.18. The molecule has 29 heavy (non-hydrogen) atoms. The van der Waals surface area contributed by atoms with Gasteiger partial charge in [-0.3, -0.25) is 4.79 Å². The number of carboxylic acid groups (broad SMARTS) is 1. The number of alkyl halides is 1. The molecule has 5 heteroatoms. The Morgan fingerprint density at radius 1 is 0.966 bits per heavy atom. The maximum Gasteiger partial charge on any atom is 0.315 e. The van der Waals surface area contributed by atoms with E-state index in [1.54, 1.807) is 24.3 Å². The molecule has 0 saturated carbocycles. The zero-order chi connectivity index (χ0) is 21.0. The van der Waals surface area contributed by atoms with Crippen LogP contribution in [0.5, 0.6) is 11.5 Å². The first-order chi connectivity index (χ1) is 13.9. The van der Waals surface area contributed by atoms with Gasteiger partial charge in [-0.1, -0.05) is 83.8 Å². The summed E-state index contributed by atoms with van der Waals surface area (Å²) in [5, 5.41) is 10.9. The van der Waals surface area contributed by atoms with Gasteiger partial charge in [-0.05, 0) is 53.4 Å². The van der Waals surface area contributed by atoms with Gasteiger partial charge in [0.1, 0.15) is 16.9 Å². The van der Waals surface area contributed by atoms with Gasteiger partial charge in [-0.25, -0.2) is 0 Å². The van der Waals surface area contributed by atoms with Crippen molar-refractivity contribution in [3.8, 4) is 11.5 Å². The van der Waals surface area contributed by atoms with E-state index < -0.39 is 16.2 Å². The number of para-hydroxylation sites is 1. The average molecular weight is 474 g/mol. The van der Waals surface area contributed by atoms with Crippen molar-refractivity contribution in [3.63, 3.8) is 0 Å². The van der Waals surface area contributed by atoms with Gasteiger partial charge in [-0.15, -0.1) is 0 Å². The molecule has 0 bridgehead atoms. The lowest BCUT2D eigenvalue weighted by Crippen LogP contribution is -2.44. The first kappa shape index (κ1) is 21.4. The number of aliphatic carboxylic acids is 1. The molecular formula is C24H22BrClO3. The molecule has 2 atom stereocenters. The van der Waals surface area contributed by atoms with Crippen LogP contribution in [-0.2, 0) is 10.2 Å². The number of halogens is 2. The van der Waals surface area contributed by atoms with E-state index in [0.717, 1.165) is 11.3 Å². The van der Waals surface area contributed by atoms with E-state index >= 15 is 0 Å². The quantitative estimate of drug-likeness (QED) is 0.368. The third-order valence-electron chi connectivity index (χ3n) is 5.12. The minimum Gasteiger partial charge on any atom is -0.481 e. The van der Waals surface area contributed by atoms with E-state index in [2.05, 4.69) is 15.9 Å². The van der Waals surface area contributed by atoms with Crippen molar-refractivity contribution < 1.29 is 14.6 Å². The lowest BCUT2D eigenvalue weighted by molar-refractivity contribution is -0.145.